The van der Waals surface area contributed by atoms with Crippen molar-refractivity contribution < 1.29 is 45.4 Å². The van der Waals surface area contributed by atoms with Gasteiger partial charge in [-0.3, -0.25) is 4.79 Å². The van der Waals surface area contributed by atoms with E-state index in [1.165, 1.54) is 0 Å². The summed E-state index contributed by atoms with van der Waals surface area (Å²) < 4.78 is 82.9. The normalized spacial score (nSPS) is 12.1. The molecular formula is C13H7F6N3O5. The lowest BCUT2D eigenvalue weighted by Gasteiger charge is -2.16. The zero-order valence-corrected chi connectivity index (χ0v) is 12.6. The van der Waals surface area contributed by atoms with E-state index in [0.29, 0.717) is 0 Å². The number of hydrogen-bond acceptors (Lipinski definition) is 7. The summed E-state index contributed by atoms with van der Waals surface area (Å²) in [6.45, 7) is 0. The average Bonchev–Trinajstić information content (AvgIpc) is 2.54. The van der Waals surface area contributed by atoms with Crippen LogP contribution in [-0.4, -0.2) is 29.0 Å². The van der Waals surface area contributed by atoms with Gasteiger partial charge in [0.2, 0.25) is 0 Å². The summed E-state index contributed by atoms with van der Waals surface area (Å²) in [7, 11) is 0. The fraction of sp³-hybridized carbons (Fsp3) is 0.154. The van der Waals surface area contributed by atoms with Gasteiger partial charge in [-0.15, -0.1) is 0 Å². The molecule has 14 heteroatoms. The van der Waals surface area contributed by atoms with Crippen molar-refractivity contribution in [2.45, 2.75) is 12.4 Å². The second kappa shape index (κ2) is 6.37. The third-order valence-electron chi connectivity index (χ3n) is 3.05. The van der Waals surface area contributed by atoms with E-state index in [-0.39, 0.29) is 4.68 Å². The van der Waals surface area contributed by atoms with Gasteiger partial charge in [-0.1, -0.05) is 6.07 Å². The van der Waals surface area contributed by atoms with Crippen molar-refractivity contribution in [2.75, 3.05) is 11.6 Å². The summed E-state index contributed by atoms with van der Waals surface area (Å²) in [5.41, 5.74) is 4.19. The number of halogens is 6. The maximum atomic E-state index is 12.5. The Kier molecular flexibility index (Phi) is 4.69. The molecule has 0 aliphatic rings. The number of hydrogen-bond donors (Lipinski definition) is 2. The van der Waals surface area contributed by atoms with Gasteiger partial charge in [-0.25, -0.2) is 14.3 Å². The molecule has 0 amide bonds. The Bertz CT molecular complexity index is 995. The molecule has 0 unspecified atom stereocenters. The minimum atomic E-state index is -5.51. The van der Waals surface area contributed by atoms with Gasteiger partial charge in [0.05, 0.1) is 10.8 Å². The summed E-state index contributed by atoms with van der Waals surface area (Å²) in [5, 5.41) is -1.50. The van der Waals surface area contributed by atoms with E-state index in [9.17, 15) is 40.7 Å². The van der Waals surface area contributed by atoms with Crippen LogP contribution in [0.3, 0.4) is 0 Å². The topological polar surface area (TPSA) is 127 Å². The number of aromatic nitrogens is 1. The lowest BCUT2D eigenvalue weighted by atomic mass is 10.1. The van der Waals surface area contributed by atoms with Crippen LogP contribution in [0.15, 0.2) is 23.0 Å². The highest BCUT2D eigenvalue weighted by Crippen LogP contribution is 2.38. The molecule has 0 spiro atoms. The van der Waals surface area contributed by atoms with Crippen LogP contribution < -0.4 is 26.6 Å². The smallest absolute Gasteiger partial charge is 0.419 e. The molecule has 4 N–H and O–H groups in total. The quantitative estimate of drug-likeness (QED) is 0.337. The predicted molar refractivity (Wildman–Crippen MR) is 76.2 cm³/mol. The third kappa shape index (κ3) is 3.73. The summed E-state index contributed by atoms with van der Waals surface area (Å²) in [5.74, 6) is -3.52. The van der Waals surface area contributed by atoms with Gasteiger partial charge >= 0.3 is 24.3 Å². The molecule has 0 aliphatic heterocycles. The lowest BCUT2D eigenvalue weighted by molar-refractivity contribution is -0.189. The number of anilines is 1. The summed E-state index contributed by atoms with van der Waals surface area (Å²) in [6.07, 6.45) is -11.0. The van der Waals surface area contributed by atoms with E-state index in [4.69, 9.17) is 11.6 Å². The monoisotopic (exact) mass is 399 g/mol. The molecule has 0 saturated heterocycles. The molecule has 8 nitrogen and oxygen atoms in total. The number of ether oxygens (including phenoxy) is 2. The van der Waals surface area contributed by atoms with Crippen LogP contribution in [-0.2, 0) is 9.59 Å². The maximum Gasteiger partial charge on any atom is 0.491 e. The molecule has 0 radical (unpaired) electrons. The Balaban J connectivity index is 2.78. The zero-order valence-electron chi connectivity index (χ0n) is 12.6. The molecule has 2 aromatic rings. The first-order chi connectivity index (χ1) is 12.2. The van der Waals surface area contributed by atoms with Crippen molar-refractivity contribution in [1.82, 2.24) is 4.68 Å². The Morgan fingerprint density at radius 1 is 0.963 bits per heavy atom. The first-order valence-electron chi connectivity index (χ1n) is 6.55. The number of carbonyl (C=O) groups is 2. The van der Waals surface area contributed by atoms with Crippen molar-refractivity contribution >= 4 is 28.5 Å². The number of rotatable bonds is 2. The highest BCUT2D eigenvalue weighted by molar-refractivity contribution is 5.99. The molecule has 1 heterocycles. The van der Waals surface area contributed by atoms with E-state index in [1.54, 1.807) is 0 Å². The SMILES string of the molecule is Nc1c(OC(=O)C(F)(F)F)c2c(OC(=O)C(F)(F)F)cccc2c(=O)n1N. The number of alkyl halides is 6. The van der Waals surface area contributed by atoms with Gasteiger partial charge in [-0.2, -0.15) is 26.3 Å². The van der Waals surface area contributed by atoms with Crippen molar-refractivity contribution in [1.29, 1.82) is 0 Å². The number of nitrogens with two attached hydrogens (primary N) is 2. The van der Waals surface area contributed by atoms with Crippen LogP contribution in [0, 0.1) is 0 Å². The minimum Gasteiger partial charge on any atom is -0.419 e. The van der Waals surface area contributed by atoms with Crippen LogP contribution in [0.1, 0.15) is 0 Å². The third-order valence-corrected chi connectivity index (χ3v) is 3.05. The molecule has 0 aliphatic carbocycles. The summed E-state index contributed by atoms with van der Waals surface area (Å²) in [4.78, 5) is 34.2. The fourth-order valence-electron chi connectivity index (χ4n) is 1.92. The fourth-order valence-corrected chi connectivity index (χ4v) is 1.92. The van der Waals surface area contributed by atoms with Crippen LogP contribution in [0.4, 0.5) is 32.2 Å². The average molecular weight is 399 g/mol. The molecular weight excluding hydrogens is 392 g/mol. The van der Waals surface area contributed by atoms with Crippen molar-refractivity contribution in [3.63, 3.8) is 0 Å². The first kappa shape index (κ1) is 19.9. The van der Waals surface area contributed by atoms with Gasteiger partial charge < -0.3 is 21.1 Å². The highest BCUT2D eigenvalue weighted by Gasteiger charge is 2.43. The Morgan fingerprint density at radius 2 is 1.48 bits per heavy atom. The van der Waals surface area contributed by atoms with E-state index >= 15 is 0 Å². The highest BCUT2D eigenvalue weighted by atomic mass is 19.4. The van der Waals surface area contributed by atoms with Crippen molar-refractivity contribution in [3.05, 3.63) is 28.6 Å². The van der Waals surface area contributed by atoms with Crippen LogP contribution in [0.2, 0.25) is 0 Å². The Labute approximate surface area is 143 Å². The van der Waals surface area contributed by atoms with Crippen LogP contribution in [0.25, 0.3) is 10.8 Å². The Morgan fingerprint density at radius 3 is 2.00 bits per heavy atom. The first-order valence-corrected chi connectivity index (χ1v) is 6.55. The zero-order chi connectivity index (χ0) is 20.7. The van der Waals surface area contributed by atoms with Crippen molar-refractivity contribution in [2.24, 2.45) is 0 Å². The van der Waals surface area contributed by atoms with Gasteiger partial charge in [0.1, 0.15) is 5.75 Å². The molecule has 1 aromatic carbocycles. The van der Waals surface area contributed by atoms with Crippen LogP contribution >= 0.6 is 0 Å². The molecule has 0 atom stereocenters. The van der Waals surface area contributed by atoms with Gasteiger partial charge in [0, 0.05) is 0 Å². The van der Waals surface area contributed by atoms with E-state index in [0.717, 1.165) is 18.2 Å². The molecule has 1 aromatic heterocycles. The second-order valence-corrected chi connectivity index (χ2v) is 4.84. The molecule has 27 heavy (non-hydrogen) atoms. The Hall–Kier alpha value is -3.45. The molecule has 0 saturated carbocycles. The number of esters is 2. The van der Waals surface area contributed by atoms with Gasteiger partial charge in [-0.05, 0) is 12.1 Å². The molecule has 0 fully saturated rings. The lowest BCUT2D eigenvalue weighted by Crippen LogP contribution is -2.33. The molecule has 2 rings (SSSR count). The standard InChI is InChI=1S/C13H7F6N3O5/c14-12(15,16)10(24)26-5-3-1-2-4-6(5)7(8(20)22(21)9(4)23)27-11(25)13(17,18)19/h1-3H,20-21H2. The number of nitrogens with zero attached hydrogens (tertiary/aromatic N) is 1. The minimum absolute atomic E-state index is 0.108. The molecule has 0 bridgehead atoms. The van der Waals surface area contributed by atoms with Crippen molar-refractivity contribution in [3.8, 4) is 11.5 Å². The van der Waals surface area contributed by atoms with Gasteiger partial charge in [0.25, 0.3) is 5.56 Å². The maximum absolute atomic E-state index is 12.5. The largest absolute Gasteiger partial charge is 0.491 e. The number of nitrogen functional groups attached to an aromatic ring is 2. The number of fused-ring (bicyclic) bond motifs is 1. The predicted octanol–water partition coefficient (Wildman–Crippen LogP) is 1.23. The number of carbonyl (C=O) groups excluding carboxylic acids is 2. The van der Waals surface area contributed by atoms with E-state index in [1.807, 2.05) is 0 Å². The second-order valence-electron chi connectivity index (χ2n) is 4.84. The van der Waals surface area contributed by atoms with Gasteiger partial charge in [0.15, 0.2) is 11.6 Å². The van der Waals surface area contributed by atoms with E-state index in [2.05, 4.69) is 9.47 Å². The number of pyridine rings is 1. The summed E-state index contributed by atoms with van der Waals surface area (Å²) in [6, 6.07) is 2.60. The summed E-state index contributed by atoms with van der Waals surface area (Å²) >= 11 is 0. The number of benzene rings is 1. The van der Waals surface area contributed by atoms with Crippen LogP contribution in [0.5, 0.6) is 11.5 Å². The van der Waals surface area contributed by atoms with E-state index < -0.39 is 57.9 Å². The molecule has 146 valence electrons.